The standard InChI is InChI=1S/C21H27N3S/c1-16-9-10-17(2)20(13-16)23-21(25)22-14-18-7-3-4-8-19(18)15-24-11-5-6-12-24/h3-4,7-10,13H,5-6,11-12,14-15H2,1-2H3,(H2,22,23,25)/p+1. The number of likely N-dealkylation sites (tertiary alicyclic amines) is 1. The molecule has 2 aromatic carbocycles. The topological polar surface area (TPSA) is 28.5 Å². The maximum atomic E-state index is 5.50. The molecule has 0 atom stereocenters. The molecule has 0 aromatic heterocycles. The van der Waals surface area contributed by atoms with Crippen LogP contribution in [0.5, 0.6) is 0 Å². The molecule has 1 fully saturated rings. The molecule has 0 bridgehead atoms. The van der Waals surface area contributed by atoms with Gasteiger partial charge in [0.15, 0.2) is 5.11 Å². The second kappa shape index (κ2) is 8.45. The lowest BCUT2D eigenvalue weighted by molar-refractivity contribution is -0.901. The molecule has 0 spiro atoms. The molecule has 3 N–H and O–H groups in total. The highest BCUT2D eigenvalue weighted by Crippen LogP contribution is 2.16. The average molecular weight is 355 g/mol. The second-order valence-electron chi connectivity index (χ2n) is 7.03. The molecular formula is C21H28N3S+. The van der Waals surface area contributed by atoms with Gasteiger partial charge in [0.05, 0.1) is 13.1 Å². The Morgan fingerprint density at radius 2 is 1.76 bits per heavy atom. The van der Waals surface area contributed by atoms with Gasteiger partial charge in [0.1, 0.15) is 6.54 Å². The summed E-state index contributed by atoms with van der Waals surface area (Å²) in [7, 11) is 0. The first kappa shape index (κ1) is 17.9. The van der Waals surface area contributed by atoms with Crippen LogP contribution >= 0.6 is 12.2 Å². The summed E-state index contributed by atoms with van der Waals surface area (Å²) >= 11 is 5.50. The number of anilines is 1. The smallest absolute Gasteiger partial charge is 0.171 e. The molecule has 0 unspecified atom stereocenters. The van der Waals surface area contributed by atoms with Gasteiger partial charge in [-0.15, -0.1) is 0 Å². The van der Waals surface area contributed by atoms with E-state index < -0.39 is 0 Å². The van der Waals surface area contributed by atoms with Crippen LogP contribution in [-0.4, -0.2) is 18.2 Å². The van der Waals surface area contributed by atoms with E-state index in [1.807, 2.05) is 0 Å². The number of hydrogen-bond donors (Lipinski definition) is 3. The minimum absolute atomic E-state index is 0.678. The molecule has 3 rings (SSSR count). The predicted molar refractivity (Wildman–Crippen MR) is 109 cm³/mol. The van der Waals surface area contributed by atoms with Crippen LogP contribution in [0.15, 0.2) is 42.5 Å². The Labute approximate surface area is 156 Å². The summed E-state index contributed by atoms with van der Waals surface area (Å²) in [4.78, 5) is 1.70. The van der Waals surface area contributed by atoms with Crippen LogP contribution in [0.2, 0.25) is 0 Å². The molecule has 0 aliphatic carbocycles. The number of nitrogens with one attached hydrogen (secondary N) is 3. The third kappa shape index (κ3) is 5.03. The molecular weight excluding hydrogens is 326 g/mol. The summed E-state index contributed by atoms with van der Waals surface area (Å²) in [6.45, 7) is 8.68. The van der Waals surface area contributed by atoms with Gasteiger partial charge in [0, 0.05) is 30.6 Å². The maximum Gasteiger partial charge on any atom is 0.171 e. The Morgan fingerprint density at radius 3 is 2.52 bits per heavy atom. The van der Waals surface area contributed by atoms with Crippen molar-refractivity contribution in [2.24, 2.45) is 0 Å². The van der Waals surface area contributed by atoms with Gasteiger partial charge in [0.2, 0.25) is 0 Å². The van der Waals surface area contributed by atoms with E-state index in [1.54, 1.807) is 4.90 Å². The zero-order valence-corrected chi connectivity index (χ0v) is 16.0. The lowest BCUT2D eigenvalue weighted by Crippen LogP contribution is -3.08. The van der Waals surface area contributed by atoms with Crippen LogP contribution in [0.1, 0.15) is 35.1 Å². The van der Waals surface area contributed by atoms with Crippen LogP contribution in [0, 0.1) is 13.8 Å². The van der Waals surface area contributed by atoms with Crippen molar-refractivity contribution >= 4 is 23.0 Å². The summed E-state index contributed by atoms with van der Waals surface area (Å²) in [6, 6.07) is 15.1. The Morgan fingerprint density at radius 1 is 1.04 bits per heavy atom. The van der Waals surface area contributed by atoms with E-state index in [2.05, 4.69) is 66.9 Å². The molecule has 1 saturated heterocycles. The van der Waals surface area contributed by atoms with Gasteiger partial charge < -0.3 is 15.5 Å². The minimum Gasteiger partial charge on any atom is -0.358 e. The zero-order chi connectivity index (χ0) is 17.6. The molecule has 0 amide bonds. The fourth-order valence-corrected chi connectivity index (χ4v) is 3.62. The Balaban J connectivity index is 1.59. The van der Waals surface area contributed by atoms with E-state index >= 15 is 0 Å². The number of benzene rings is 2. The van der Waals surface area contributed by atoms with Crippen molar-refractivity contribution in [3.8, 4) is 0 Å². The summed E-state index contributed by atoms with van der Waals surface area (Å²) in [5.41, 5.74) is 6.28. The molecule has 0 saturated carbocycles. The first-order chi connectivity index (χ1) is 12.1. The highest BCUT2D eigenvalue weighted by atomic mass is 32.1. The van der Waals surface area contributed by atoms with Gasteiger partial charge in [-0.3, -0.25) is 0 Å². The van der Waals surface area contributed by atoms with Gasteiger partial charge in [-0.05, 0) is 48.8 Å². The molecule has 25 heavy (non-hydrogen) atoms. The maximum absolute atomic E-state index is 5.50. The van der Waals surface area contributed by atoms with E-state index in [-0.39, 0.29) is 0 Å². The van der Waals surface area contributed by atoms with Gasteiger partial charge >= 0.3 is 0 Å². The predicted octanol–water partition coefficient (Wildman–Crippen LogP) is 2.97. The van der Waals surface area contributed by atoms with E-state index in [4.69, 9.17) is 12.2 Å². The van der Waals surface area contributed by atoms with Gasteiger partial charge in [-0.1, -0.05) is 36.4 Å². The zero-order valence-electron chi connectivity index (χ0n) is 15.2. The van der Waals surface area contributed by atoms with Crippen molar-refractivity contribution in [3.05, 3.63) is 64.7 Å². The number of rotatable bonds is 5. The largest absolute Gasteiger partial charge is 0.358 e. The monoisotopic (exact) mass is 354 g/mol. The Hall–Kier alpha value is -1.91. The fourth-order valence-electron chi connectivity index (χ4n) is 3.44. The van der Waals surface area contributed by atoms with E-state index in [0.717, 1.165) is 18.8 Å². The lowest BCUT2D eigenvalue weighted by atomic mass is 10.1. The third-order valence-electron chi connectivity index (χ3n) is 4.95. The van der Waals surface area contributed by atoms with Crippen LogP contribution in [0.25, 0.3) is 0 Å². The molecule has 0 radical (unpaired) electrons. The van der Waals surface area contributed by atoms with Crippen molar-refractivity contribution in [1.82, 2.24) is 5.32 Å². The van der Waals surface area contributed by atoms with Crippen LogP contribution in [0.3, 0.4) is 0 Å². The van der Waals surface area contributed by atoms with Gasteiger partial charge in [-0.2, -0.15) is 0 Å². The van der Waals surface area contributed by atoms with Crippen LogP contribution < -0.4 is 15.5 Å². The first-order valence-corrected chi connectivity index (χ1v) is 9.55. The van der Waals surface area contributed by atoms with Gasteiger partial charge in [0.25, 0.3) is 0 Å². The quantitative estimate of drug-likeness (QED) is 0.721. The SMILES string of the molecule is Cc1ccc(C)c(NC(=S)NCc2ccccc2C[NH+]2CCCC2)c1. The molecule has 1 aliphatic heterocycles. The van der Waals surface area contributed by atoms with Crippen LogP contribution in [0.4, 0.5) is 5.69 Å². The molecule has 2 aromatic rings. The van der Waals surface area contributed by atoms with Crippen molar-refractivity contribution < 1.29 is 4.90 Å². The van der Waals surface area contributed by atoms with Crippen molar-refractivity contribution in [1.29, 1.82) is 0 Å². The highest BCUT2D eigenvalue weighted by Gasteiger charge is 2.17. The van der Waals surface area contributed by atoms with Gasteiger partial charge in [-0.25, -0.2) is 0 Å². The fraction of sp³-hybridized carbons (Fsp3) is 0.381. The third-order valence-corrected chi connectivity index (χ3v) is 5.20. The van der Waals surface area contributed by atoms with E-state index in [1.165, 1.54) is 48.2 Å². The molecule has 4 heteroatoms. The number of thiocarbonyl (C=S) groups is 1. The Bertz CT molecular complexity index is 736. The summed E-state index contributed by atoms with van der Waals surface area (Å²) in [6.07, 6.45) is 2.72. The number of quaternary nitrogens is 1. The minimum atomic E-state index is 0.678. The molecule has 1 aliphatic rings. The summed E-state index contributed by atoms with van der Waals surface area (Å²) < 4.78 is 0. The van der Waals surface area contributed by atoms with Crippen LogP contribution in [-0.2, 0) is 13.1 Å². The average Bonchev–Trinajstić information content (AvgIpc) is 3.10. The second-order valence-corrected chi connectivity index (χ2v) is 7.44. The number of hydrogen-bond acceptors (Lipinski definition) is 1. The molecule has 3 nitrogen and oxygen atoms in total. The van der Waals surface area contributed by atoms with Crippen molar-refractivity contribution in [2.45, 2.75) is 39.8 Å². The first-order valence-electron chi connectivity index (χ1n) is 9.14. The van der Waals surface area contributed by atoms with Crippen molar-refractivity contribution in [3.63, 3.8) is 0 Å². The lowest BCUT2D eigenvalue weighted by Gasteiger charge is -2.17. The Kier molecular flexibility index (Phi) is 6.05. The van der Waals surface area contributed by atoms with E-state index in [0.29, 0.717) is 5.11 Å². The highest BCUT2D eigenvalue weighted by molar-refractivity contribution is 7.80. The van der Waals surface area contributed by atoms with Crippen molar-refractivity contribution in [2.75, 3.05) is 18.4 Å². The summed E-state index contributed by atoms with van der Waals surface area (Å²) in [5, 5.41) is 7.38. The number of aryl methyl sites for hydroxylation is 2. The molecule has 1 heterocycles. The normalized spacial score (nSPS) is 14.5. The molecule has 132 valence electrons. The van der Waals surface area contributed by atoms with E-state index in [9.17, 15) is 0 Å². The summed E-state index contributed by atoms with van der Waals surface area (Å²) in [5.74, 6) is 0.